The molecule has 3 N–H and O–H groups in total. The number of hydrogen-bond donors (Lipinski definition) is 2. The summed E-state index contributed by atoms with van der Waals surface area (Å²) in [4.78, 5) is 18.6. The van der Waals surface area contributed by atoms with Gasteiger partial charge in [0.05, 0.1) is 11.2 Å². The Bertz CT molecular complexity index is 655. The van der Waals surface area contributed by atoms with Crippen LogP contribution in [0.5, 0.6) is 0 Å². The first kappa shape index (κ1) is 12.7. The molecule has 104 valence electrons. The van der Waals surface area contributed by atoms with Crippen LogP contribution in [-0.4, -0.2) is 30.5 Å². The summed E-state index contributed by atoms with van der Waals surface area (Å²) in [5.41, 5.74) is 8.57. The zero-order chi connectivity index (χ0) is 14.1. The van der Waals surface area contributed by atoms with Gasteiger partial charge in [-0.05, 0) is 37.1 Å². The van der Waals surface area contributed by atoms with Crippen molar-refractivity contribution >= 4 is 28.2 Å². The Kier molecular flexibility index (Phi) is 3.18. The first-order valence-corrected chi connectivity index (χ1v) is 6.84. The quantitative estimate of drug-likeness (QED) is 0.812. The normalized spacial score (nSPS) is 18.4. The molecule has 2 heterocycles. The number of fused-ring (bicyclic) bond motifs is 1. The minimum atomic E-state index is -0.117. The van der Waals surface area contributed by atoms with Gasteiger partial charge in [0, 0.05) is 30.9 Å². The van der Waals surface area contributed by atoms with Crippen LogP contribution in [0.25, 0.3) is 10.9 Å². The number of rotatable bonds is 2. The monoisotopic (exact) mass is 270 g/mol. The summed E-state index contributed by atoms with van der Waals surface area (Å²) in [5, 5.41) is 3.68. The van der Waals surface area contributed by atoms with Gasteiger partial charge in [0.15, 0.2) is 0 Å². The summed E-state index contributed by atoms with van der Waals surface area (Å²) in [7, 11) is 1.68. The van der Waals surface area contributed by atoms with Gasteiger partial charge in [-0.25, -0.2) is 0 Å². The second kappa shape index (κ2) is 5.00. The van der Waals surface area contributed by atoms with E-state index in [9.17, 15) is 4.79 Å². The molecule has 1 aliphatic heterocycles. The van der Waals surface area contributed by atoms with Crippen molar-refractivity contribution in [3.63, 3.8) is 0 Å². The highest BCUT2D eigenvalue weighted by Gasteiger charge is 2.31. The number of nitrogens with zero attached hydrogens (tertiary/aromatic N) is 2. The number of likely N-dealkylation sites (N-methyl/N-ethyl adjacent to an activating group) is 1. The molecular weight excluding hydrogens is 252 g/mol. The number of carbonyl (C=O) groups excluding carboxylic acids is 1. The van der Waals surface area contributed by atoms with Crippen molar-refractivity contribution in [1.29, 1.82) is 0 Å². The predicted octanol–water partition coefficient (Wildman–Crippen LogP) is 1.53. The van der Waals surface area contributed by atoms with E-state index in [0.717, 1.165) is 36.0 Å². The first-order valence-electron chi connectivity index (χ1n) is 6.84. The van der Waals surface area contributed by atoms with Gasteiger partial charge < -0.3 is 16.0 Å². The summed E-state index contributed by atoms with van der Waals surface area (Å²) in [6.45, 7) is 0.869. The Hall–Kier alpha value is -2.30. The number of nitrogens with two attached hydrogens (primary N) is 1. The lowest BCUT2D eigenvalue weighted by Crippen LogP contribution is -2.42. The van der Waals surface area contributed by atoms with Crippen LogP contribution in [0.15, 0.2) is 30.5 Å². The van der Waals surface area contributed by atoms with Gasteiger partial charge in [0.2, 0.25) is 5.91 Å². The van der Waals surface area contributed by atoms with E-state index in [0.29, 0.717) is 5.69 Å². The van der Waals surface area contributed by atoms with Crippen molar-refractivity contribution in [3.05, 3.63) is 30.5 Å². The van der Waals surface area contributed by atoms with Gasteiger partial charge >= 0.3 is 0 Å². The van der Waals surface area contributed by atoms with Gasteiger partial charge in [-0.1, -0.05) is 0 Å². The third kappa shape index (κ3) is 1.95. The molecule has 1 amide bonds. The summed E-state index contributed by atoms with van der Waals surface area (Å²) in [6.07, 6.45) is 3.64. The Morgan fingerprint density at radius 1 is 1.45 bits per heavy atom. The van der Waals surface area contributed by atoms with E-state index in [-0.39, 0.29) is 11.9 Å². The number of nitrogen functional groups attached to an aromatic ring is 1. The molecule has 5 heteroatoms. The molecule has 20 heavy (non-hydrogen) atoms. The van der Waals surface area contributed by atoms with Crippen molar-refractivity contribution in [3.8, 4) is 0 Å². The summed E-state index contributed by atoms with van der Waals surface area (Å²) in [5.74, 6) is 0.0587. The van der Waals surface area contributed by atoms with Crippen molar-refractivity contribution < 1.29 is 4.79 Å². The highest BCUT2D eigenvalue weighted by atomic mass is 16.2. The van der Waals surface area contributed by atoms with Crippen LogP contribution in [0.2, 0.25) is 0 Å². The van der Waals surface area contributed by atoms with Gasteiger partial charge in [0.25, 0.3) is 0 Å². The van der Waals surface area contributed by atoms with E-state index >= 15 is 0 Å². The molecule has 1 aromatic carbocycles. The molecule has 5 nitrogen and oxygen atoms in total. The molecule has 0 bridgehead atoms. The number of amides is 1. The Morgan fingerprint density at radius 2 is 2.30 bits per heavy atom. The molecule has 0 aliphatic carbocycles. The standard InChI is InChI=1S/C15H18N4O/c1-17-15(20)13-5-3-9-19(13)12-7-6-11(16)10-4-2-8-18-14(10)12/h2,4,6-8,13H,3,5,9,16H2,1H3,(H,17,20). The highest BCUT2D eigenvalue weighted by Crippen LogP contribution is 2.33. The lowest BCUT2D eigenvalue weighted by atomic mass is 10.1. The third-order valence-corrected chi connectivity index (χ3v) is 3.89. The molecule has 0 spiro atoms. The van der Waals surface area contributed by atoms with Crippen LogP contribution in [0.3, 0.4) is 0 Å². The topological polar surface area (TPSA) is 71.2 Å². The molecule has 1 aromatic heterocycles. The maximum atomic E-state index is 12.0. The van der Waals surface area contributed by atoms with E-state index in [1.165, 1.54) is 0 Å². The molecule has 1 unspecified atom stereocenters. The van der Waals surface area contributed by atoms with Crippen LogP contribution >= 0.6 is 0 Å². The van der Waals surface area contributed by atoms with Crippen LogP contribution in [0.4, 0.5) is 11.4 Å². The van der Waals surface area contributed by atoms with Crippen LogP contribution in [0, 0.1) is 0 Å². The van der Waals surface area contributed by atoms with E-state index in [1.807, 2.05) is 24.3 Å². The number of pyridine rings is 1. The number of carbonyl (C=O) groups is 1. The minimum Gasteiger partial charge on any atom is -0.398 e. The fourth-order valence-electron chi connectivity index (χ4n) is 2.91. The Labute approximate surface area is 117 Å². The molecule has 0 radical (unpaired) electrons. The van der Waals surface area contributed by atoms with Gasteiger partial charge in [-0.2, -0.15) is 0 Å². The Balaban J connectivity index is 2.10. The molecule has 1 fully saturated rings. The summed E-state index contributed by atoms with van der Waals surface area (Å²) >= 11 is 0. The molecule has 0 saturated carbocycles. The van der Waals surface area contributed by atoms with E-state index < -0.39 is 0 Å². The van der Waals surface area contributed by atoms with Gasteiger partial charge in [-0.3, -0.25) is 9.78 Å². The average Bonchev–Trinajstić information content (AvgIpc) is 2.96. The fraction of sp³-hybridized carbons (Fsp3) is 0.333. The zero-order valence-electron chi connectivity index (χ0n) is 11.5. The second-order valence-corrected chi connectivity index (χ2v) is 5.04. The lowest BCUT2D eigenvalue weighted by Gasteiger charge is -2.26. The average molecular weight is 270 g/mol. The maximum Gasteiger partial charge on any atom is 0.242 e. The minimum absolute atomic E-state index is 0.0587. The van der Waals surface area contributed by atoms with Crippen LogP contribution < -0.4 is 16.0 Å². The number of nitrogens with one attached hydrogen (secondary N) is 1. The number of aromatic nitrogens is 1. The predicted molar refractivity (Wildman–Crippen MR) is 80.6 cm³/mol. The largest absolute Gasteiger partial charge is 0.398 e. The van der Waals surface area contributed by atoms with Crippen molar-refractivity contribution in [2.75, 3.05) is 24.2 Å². The number of anilines is 2. The van der Waals surface area contributed by atoms with E-state index in [4.69, 9.17) is 5.73 Å². The number of hydrogen-bond acceptors (Lipinski definition) is 4. The third-order valence-electron chi connectivity index (χ3n) is 3.89. The molecule has 3 rings (SSSR count). The van der Waals surface area contributed by atoms with Crippen molar-refractivity contribution in [1.82, 2.24) is 10.3 Å². The van der Waals surface area contributed by atoms with Crippen molar-refractivity contribution in [2.45, 2.75) is 18.9 Å². The molecule has 2 aromatic rings. The smallest absolute Gasteiger partial charge is 0.242 e. The molecular formula is C15H18N4O. The lowest BCUT2D eigenvalue weighted by molar-refractivity contribution is -0.121. The molecule has 1 saturated heterocycles. The van der Waals surface area contributed by atoms with Crippen LogP contribution in [-0.2, 0) is 4.79 Å². The van der Waals surface area contributed by atoms with Gasteiger partial charge in [0.1, 0.15) is 6.04 Å². The molecule has 1 atom stereocenters. The summed E-state index contributed by atoms with van der Waals surface area (Å²) < 4.78 is 0. The Morgan fingerprint density at radius 3 is 3.10 bits per heavy atom. The fourth-order valence-corrected chi connectivity index (χ4v) is 2.91. The van der Waals surface area contributed by atoms with E-state index in [1.54, 1.807) is 13.2 Å². The zero-order valence-corrected chi connectivity index (χ0v) is 11.5. The highest BCUT2D eigenvalue weighted by molar-refractivity contribution is 6.00. The first-order chi connectivity index (χ1) is 9.72. The number of benzene rings is 1. The maximum absolute atomic E-state index is 12.0. The molecule has 1 aliphatic rings. The van der Waals surface area contributed by atoms with Crippen LogP contribution in [0.1, 0.15) is 12.8 Å². The van der Waals surface area contributed by atoms with E-state index in [2.05, 4.69) is 15.2 Å². The van der Waals surface area contributed by atoms with Gasteiger partial charge in [-0.15, -0.1) is 0 Å². The summed E-state index contributed by atoms with van der Waals surface area (Å²) in [6, 6.07) is 7.58. The van der Waals surface area contributed by atoms with Crippen molar-refractivity contribution in [2.24, 2.45) is 0 Å². The second-order valence-electron chi connectivity index (χ2n) is 5.04. The SMILES string of the molecule is CNC(=O)C1CCCN1c1ccc(N)c2cccnc12.